The number of anilines is 1. The highest BCUT2D eigenvalue weighted by Gasteiger charge is 2.35. The van der Waals surface area contributed by atoms with Gasteiger partial charge in [-0.15, -0.1) is 11.8 Å². The highest BCUT2D eigenvalue weighted by molar-refractivity contribution is 8.00. The first-order chi connectivity index (χ1) is 14.8. The Labute approximate surface area is 182 Å². The van der Waals surface area contributed by atoms with E-state index < -0.39 is 37.1 Å². The van der Waals surface area contributed by atoms with Gasteiger partial charge in [0, 0.05) is 11.9 Å². The van der Waals surface area contributed by atoms with Crippen LogP contribution in [0.5, 0.6) is 5.75 Å². The van der Waals surface area contributed by atoms with Crippen LogP contribution >= 0.6 is 19.5 Å². The molecule has 4 atom stereocenters. The Hall–Kier alpha value is -2.37. The number of methoxy groups -OCH3 is 1. The molecule has 3 rings (SSSR count). The molecule has 0 amide bonds. The number of ether oxygens (including phenoxy) is 2. The van der Waals surface area contributed by atoms with Gasteiger partial charge in [0.1, 0.15) is 29.3 Å². The molecule has 1 fully saturated rings. The van der Waals surface area contributed by atoms with Crippen molar-refractivity contribution in [2.75, 3.05) is 25.2 Å². The van der Waals surface area contributed by atoms with Crippen LogP contribution in [-0.4, -0.2) is 46.5 Å². The van der Waals surface area contributed by atoms with Crippen molar-refractivity contribution < 1.29 is 27.9 Å². The van der Waals surface area contributed by atoms with Gasteiger partial charge in [-0.05, 0) is 25.1 Å². The molecule has 0 radical (unpaired) electrons. The summed E-state index contributed by atoms with van der Waals surface area (Å²) in [4.78, 5) is 27.4. The van der Waals surface area contributed by atoms with E-state index in [-0.39, 0.29) is 12.4 Å². The lowest BCUT2D eigenvalue weighted by molar-refractivity contribution is -0.142. The van der Waals surface area contributed by atoms with Gasteiger partial charge in [-0.2, -0.15) is 10.1 Å². The SMILES string of the molecule is COC(=O)C(C)NP(=O)(OC[C@@H]1O[C@H](n2ccc(N)nc2=O)CS1)Oc1ccccc1. The van der Waals surface area contributed by atoms with Gasteiger partial charge in [0.2, 0.25) is 0 Å². The number of para-hydroxylation sites is 1. The second-order valence-corrected chi connectivity index (χ2v) is 9.35. The summed E-state index contributed by atoms with van der Waals surface area (Å²) in [6, 6.07) is 8.98. The first-order valence-electron chi connectivity index (χ1n) is 9.26. The second-order valence-electron chi connectivity index (χ2n) is 6.47. The molecule has 0 saturated carbocycles. The predicted molar refractivity (Wildman–Crippen MR) is 115 cm³/mol. The van der Waals surface area contributed by atoms with Gasteiger partial charge in [-0.3, -0.25) is 13.9 Å². The number of nitrogens with two attached hydrogens (primary N) is 1. The highest BCUT2D eigenvalue weighted by Crippen LogP contribution is 2.46. The summed E-state index contributed by atoms with van der Waals surface area (Å²) in [6.07, 6.45) is 0.929. The number of nitrogens with zero attached hydrogens (tertiary/aromatic N) is 2. The maximum atomic E-state index is 13.3. The van der Waals surface area contributed by atoms with Crippen molar-refractivity contribution >= 4 is 31.3 Å². The van der Waals surface area contributed by atoms with E-state index in [1.54, 1.807) is 30.3 Å². The Bertz CT molecular complexity index is 1010. The lowest BCUT2D eigenvalue weighted by Crippen LogP contribution is -2.35. The number of aromatic nitrogens is 2. The number of thioether (sulfide) groups is 1. The summed E-state index contributed by atoms with van der Waals surface area (Å²) >= 11 is 1.37. The number of carbonyl (C=O) groups excluding carboxylic acids is 1. The van der Waals surface area contributed by atoms with Crippen LogP contribution in [0.25, 0.3) is 0 Å². The van der Waals surface area contributed by atoms with Crippen molar-refractivity contribution in [1.82, 2.24) is 14.6 Å². The van der Waals surface area contributed by atoms with E-state index in [9.17, 15) is 14.2 Å². The van der Waals surface area contributed by atoms with E-state index in [4.69, 9.17) is 19.5 Å². The van der Waals surface area contributed by atoms with Crippen LogP contribution in [-0.2, 0) is 23.4 Å². The largest absolute Gasteiger partial charge is 0.468 e. The van der Waals surface area contributed by atoms with Gasteiger partial charge >= 0.3 is 19.4 Å². The van der Waals surface area contributed by atoms with E-state index in [1.165, 1.54) is 42.6 Å². The number of hydrogen-bond acceptors (Lipinski definition) is 10. The number of nitrogens with one attached hydrogen (secondary N) is 1. The minimum absolute atomic E-state index is 0.122. The molecule has 1 aliphatic heterocycles. The van der Waals surface area contributed by atoms with Gasteiger partial charge < -0.3 is 19.7 Å². The number of esters is 1. The van der Waals surface area contributed by atoms with E-state index in [0.717, 1.165) is 0 Å². The second kappa shape index (κ2) is 10.3. The Balaban J connectivity index is 1.66. The number of nitrogen functional groups attached to an aromatic ring is 1. The van der Waals surface area contributed by atoms with E-state index in [1.807, 2.05) is 0 Å². The van der Waals surface area contributed by atoms with Crippen molar-refractivity contribution in [3.8, 4) is 5.75 Å². The minimum atomic E-state index is -3.97. The fourth-order valence-corrected chi connectivity index (χ4v) is 5.24. The van der Waals surface area contributed by atoms with Crippen LogP contribution in [0.1, 0.15) is 13.2 Å². The van der Waals surface area contributed by atoms with Gasteiger partial charge in [0.15, 0.2) is 0 Å². The third-order valence-corrected chi connectivity index (χ3v) is 6.89. The molecule has 2 unspecified atom stereocenters. The zero-order valence-corrected chi connectivity index (χ0v) is 18.6. The Morgan fingerprint density at radius 3 is 2.84 bits per heavy atom. The summed E-state index contributed by atoms with van der Waals surface area (Å²) in [5.74, 6) is 0.252. The normalized spacial score (nSPS) is 21.2. The fourth-order valence-electron chi connectivity index (χ4n) is 2.66. The molecule has 11 nitrogen and oxygen atoms in total. The standard InChI is InChI=1S/C18H23N4O7PS/c1-12(17(23)26-2)21-30(25,29-13-6-4-3-5-7-13)27-10-16-28-15(11-31-16)22-9-8-14(19)20-18(22)24/h3-9,12,15-16H,10-11H2,1-2H3,(H,21,25)(H2,19,20,24)/t12?,15-,16+,30?/m0/s1. The third kappa shape index (κ3) is 6.31. The summed E-state index contributed by atoms with van der Waals surface area (Å²) in [6.45, 7) is 1.36. The summed E-state index contributed by atoms with van der Waals surface area (Å²) in [5, 5.41) is 2.57. The summed E-state index contributed by atoms with van der Waals surface area (Å²) < 4.78 is 36.2. The fraction of sp³-hybridized carbons (Fsp3) is 0.389. The van der Waals surface area contributed by atoms with Crippen LogP contribution in [0.4, 0.5) is 5.82 Å². The van der Waals surface area contributed by atoms with Crippen LogP contribution < -0.4 is 21.0 Å². The zero-order valence-electron chi connectivity index (χ0n) is 16.9. The van der Waals surface area contributed by atoms with Crippen LogP contribution in [0.2, 0.25) is 0 Å². The molecule has 1 aliphatic rings. The lowest BCUT2D eigenvalue weighted by Gasteiger charge is -2.23. The molecule has 168 valence electrons. The van der Waals surface area contributed by atoms with Crippen molar-refractivity contribution in [2.24, 2.45) is 0 Å². The average molecular weight is 470 g/mol. The molecule has 2 aromatic rings. The molecular weight excluding hydrogens is 447 g/mol. The minimum Gasteiger partial charge on any atom is -0.468 e. The van der Waals surface area contributed by atoms with E-state index in [2.05, 4.69) is 14.8 Å². The average Bonchev–Trinajstić information content (AvgIpc) is 3.21. The van der Waals surface area contributed by atoms with Gasteiger partial charge in [-0.1, -0.05) is 18.2 Å². The van der Waals surface area contributed by atoms with Gasteiger partial charge in [-0.25, -0.2) is 9.36 Å². The monoisotopic (exact) mass is 470 g/mol. The first-order valence-corrected chi connectivity index (χ1v) is 11.9. The Morgan fingerprint density at radius 1 is 1.42 bits per heavy atom. The Kier molecular flexibility index (Phi) is 7.74. The molecule has 0 bridgehead atoms. The van der Waals surface area contributed by atoms with E-state index >= 15 is 0 Å². The molecule has 3 N–H and O–H groups in total. The molecule has 1 aromatic heterocycles. The quantitative estimate of drug-likeness (QED) is 0.409. The lowest BCUT2D eigenvalue weighted by atomic mass is 10.3. The molecule has 31 heavy (non-hydrogen) atoms. The number of hydrogen-bond donors (Lipinski definition) is 2. The summed E-state index contributed by atoms with van der Waals surface area (Å²) in [7, 11) is -2.74. The smallest absolute Gasteiger partial charge is 0.459 e. The maximum Gasteiger partial charge on any atom is 0.459 e. The number of rotatable bonds is 9. The van der Waals surface area contributed by atoms with Crippen molar-refractivity contribution in [3.63, 3.8) is 0 Å². The van der Waals surface area contributed by atoms with Crippen molar-refractivity contribution in [2.45, 2.75) is 24.6 Å². The van der Waals surface area contributed by atoms with E-state index in [0.29, 0.717) is 11.5 Å². The zero-order chi connectivity index (χ0) is 22.4. The molecule has 2 heterocycles. The predicted octanol–water partition coefficient (Wildman–Crippen LogP) is 1.77. The van der Waals surface area contributed by atoms with Crippen molar-refractivity contribution in [3.05, 3.63) is 53.1 Å². The molecule has 1 aromatic carbocycles. The van der Waals surface area contributed by atoms with Crippen LogP contribution in [0.3, 0.4) is 0 Å². The highest BCUT2D eigenvalue weighted by atomic mass is 32.2. The van der Waals surface area contributed by atoms with Gasteiger partial charge in [0.05, 0.1) is 13.7 Å². The molecular formula is C18H23N4O7PS. The molecule has 0 spiro atoms. The van der Waals surface area contributed by atoms with Crippen LogP contribution in [0, 0.1) is 0 Å². The van der Waals surface area contributed by atoms with Crippen molar-refractivity contribution in [1.29, 1.82) is 0 Å². The molecule has 13 heteroatoms. The maximum absolute atomic E-state index is 13.3. The first kappa shape index (κ1) is 23.3. The van der Waals surface area contributed by atoms with Gasteiger partial charge in [0.25, 0.3) is 0 Å². The Morgan fingerprint density at radius 2 is 2.16 bits per heavy atom. The molecule has 0 aliphatic carbocycles. The third-order valence-electron chi connectivity index (χ3n) is 4.15. The summed E-state index contributed by atoms with van der Waals surface area (Å²) in [5.41, 5.74) is 4.45. The number of benzene rings is 1. The number of carbonyl (C=O) groups is 1. The van der Waals surface area contributed by atoms with Crippen LogP contribution in [0.15, 0.2) is 47.4 Å². The topological polar surface area (TPSA) is 144 Å². The molecule has 1 saturated heterocycles.